The Bertz CT molecular complexity index is 802. The van der Waals surface area contributed by atoms with E-state index >= 15 is 0 Å². The van der Waals surface area contributed by atoms with Crippen molar-refractivity contribution in [1.29, 1.82) is 0 Å². The average molecular weight is 398 g/mol. The number of rotatable bonds is 6. The molecule has 28 heavy (non-hydrogen) atoms. The van der Waals surface area contributed by atoms with Crippen molar-refractivity contribution in [3.63, 3.8) is 0 Å². The van der Waals surface area contributed by atoms with E-state index in [9.17, 15) is 9.90 Å². The predicted molar refractivity (Wildman–Crippen MR) is 114 cm³/mol. The summed E-state index contributed by atoms with van der Waals surface area (Å²) >= 11 is 0. The molecule has 1 amide bonds. The molecule has 0 aliphatic carbocycles. The molecule has 0 unspecified atom stereocenters. The topological polar surface area (TPSA) is 49.8 Å². The van der Waals surface area contributed by atoms with Crippen molar-refractivity contribution in [3.8, 4) is 0 Å². The Labute approximate surface area is 169 Å². The van der Waals surface area contributed by atoms with E-state index in [0.29, 0.717) is 6.54 Å². The van der Waals surface area contributed by atoms with Crippen molar-refractivity contribution in [2.75, 3.05) is 0 Å². The Morgan fingerprint density at radius 3 is 2.11 bits per heavy atom. The van der Waals surface area contributed by atoms with Crippen molar-refractivity contribution in [2.24, 2.45) is 0 Å². The zero-order valence-corrected chi connectivity index (χ0v) is 18.4. The molecule has 0 aromatic heterocycles. The molecule has 4 nitrogen and oxygen atoms in total. The average Bonchev–Trinajstić information content (AvgIpc) is 2.67. The largest absolute Gasteiger partial charge is 0.408 e. The van der Waals surface area contributed by atoms with Gasteiger partial charge in [-0.25, -0.2) is 0 Å². The van der Waals surface area contributed by atoms with Crippen molar-refractivity contribution < 1.29 is 14.3 Å². The molecule has 1 aliphatic rings. The van der Waals surface area contributed by atoms with Crippen LogP contribution in [0.3, 0.4) is 0 Å². The van der Waals surface area contributed by atoms with E-state index < -0.39 is 14.4 Å². The molecule has 3 rings (SSSR count). The van der Waals surface area contributed by atoms with Crippen LogP contribution in [-0.2, 0) is 15.8 Å². The molecule has 1 aliphatic heterocycles. The third-order valence-electron chi connectivity index (χ3n) is 6.08. The molecular formula is C23H31NO3Si. The molecule has 5 heteroatoms. The minimum absolute atomic E-state index is 0.0308. The highest BCUT2D eigenvalue weighted by Gasteiger charge is 2.53. The maximum atomic E-state index is 12.5. The standard InChI is InChI=1S/C23H31NO3Si/c1-23(2,3)28(4,5)27-21(18-14-10-7-11-15-18)19-20(25)22(26)24(19)16-17-12-8-6-9-13-17/h6-15,19-21,25H,16H2,1-5H3/t19-,20-,21-/m1/s1. The quantitative estimate of drug-likeness (QED) is 0.576. The second-order valence-electron chi connectivity index (χ2n) is 9.10. The summed E-state index contributed by atoms with van der Waals surface area (Å²) < 4.78 is 6.76. The van der Waals surface area contributed by atoms with Crippen LogP contribution in [-0.4, -0.2) is 36.4 Å². The molecule has 0 saturated carbocycles. The van der Waals surface area contributed by atoms with Gasteiger partial charge in [0.2, 0.25) is 0 Å². The van der Waals surface area contributed by atoms with Gasteiger partial charge < -0.3 is 14.4 Å². The van der Waals surface area contributed by atoms with E-state index in [1.807, 2.05) is 60.7 Å². The minimum atomic E-state index is -2.12. The second kappa shape index (κ2) is 7.82. The van der Waals surface area contributed by atoms with Crippen LogP contribution in [0, 0.1) is 0 Å². The fourth-order valence-corrected chi connectivity index (χ4v) is 4.58. The maximum Gasteiger partial charge on any atom is 0.254 e. The molecule has 2 aromatic carbocycles. The number of benzene rings is 2. The second-order valence-corrected chi connectivity index (χ2v) is 13.9. The highest BCUT2D eigenvalue weighted by atomic mass is 28.4. The summed E-state index contributed by atoms with van der Waals surface area (Å²) in [5.41, 5.74) is 2.05. The normalized spacial score (nSPS) is 21.4. The van der Waals surface area contributed by atoms with Crippen LogP contribution in [0.5, 0.6) is 0 Å². The predicted octanol–water partition coefficient (Wildman–Crippen LogP) is 4.52. The van der Waals surface area contributed by atoms with Crippen molar-refractivity contribution in [2.45, 2.75) is 63.7 Å². The highest BCUT2D eigenvalue weighted by Crippen LogP contribution is 2.43. The molecule has 150 valence electrons. The summed E-state index contributed by atoms with van der Waals surface area (Å²) in [7, 11) is -2.12. The van der Waals surface area contributed by atoms with E-state index in [-0.39, 0.29) is 23.1 Å². The monoisotopic (exact) mass is 397 g/mol. The summed E-state index contributed by atoms with van der Waals surface area (Å²) in [4.78, 5) is 14.3. The number of hydrogen-bond donors (Lipinski definition) is 1. The van der Waals surface area contributed by atoms with Gasteiger partial charge in [0.1, 0.15) is 0 Å². The molecule has 1 heterocycles. The summed E-state index contributed by atoms with van der Waals surface area (Å²) in [5.74, 6) is -0.228. The van der Waals surface area contributed by atoms with Crippen LogP contribution >= 0.6 is 0 Å². The number of hydrogen-bond acceptors (Lipinski definition) is 3. The minimum Gasteiger partial charge on any atom is -0.408 e. The van der Waals surface area contributed by atoms with E-state index in [4.69, 9.17) is 4.43 Å². The molecule has 1 saturated heterocycles. The number of amides is 1. The van der Waals surface area contributed by atoms with Gasteiger partial charge in [0.05, 0.1) is 12.1 Å². The van der Waals surface area contributed by atoms with Gasteiger partial charge in [-0.2, -0.15) is 0 Å². The molecule has 1 fully saturated rings. The zero-order valence-electron chi connectivity index (χ0n) is 17.4. The summed E-state index contributed by atoms with van der Waals surface area (Å²) in [6, 6.07) is 19.5. The lowest BCUT2D eigenvalue weighted by molar-refractivity contribution is -0.177. The maximum absolute atomic E-state index is 12.5. The number of likely N-dealkylation sites (tertiary alicyclic amines) is 1. The molecule has 1 N–H and O–H groups in total. The van der Waals surface area contributed by atoms with Crippen molar-refractivity contribution in [1.82, 2.24) is 4.90 Å². The van der Waals surface area contributed by atoms with Gasteiger partial charge >= 0.3 is 0 Å². The van der Waals surface area contributed by atoms with Crippen LogP contribution in [0.2, 0.25) is 18.1 Å². The first-order valence-corrected chi connectivity index (χ1v) is 12.8. The number of carbonyl (C=O) groups excluding carboxylic acids is 1. The molecule has 0 bridgehead atoms. The van der Waals surface area contributed by atoms with E-state index in [2.05, 4.69) is 33.9 Å². The first-order valence-electron chi connectivity index (χ1n) is 9.87. The van der Waals surface area contributed by atoms with Crippen LogP contribution in [0.25, 0.3) is 0 Å². The fraction of sp³-hybridized carbons (Fsp3) is 0.435. The first kappa shape index (κ1) is 20.8. The van der Waals surface area contributed by atoms with Gasteiger partial charge in [-0.15, -0.1) is 0 Å². The molecule has 3 atom stereocenters. The first-order chi connectivity index (χ1) is 13.1. The van der Waals surface area contributed by atoms with E-state index in [0.717, 1.165) is 11.1 Å². The lowest BCUT2D eigenvalue weighted by Crippen LogP contribution is -2.67. The number of aliphatic hydroxyl groups is 1. The van der Waals surface area contributed by atoms with Gasteiger partial charge in [-0.3, -0.25) is 4.79 Å². The number of aliphatic hydroxyl groups excluding tert-OH is 1. The highest BCUT2D eigenvalue weighted by molar-refractivity contribution is 6.74. The molecule has 0 spiro atoms. The van der Waals surface area contributed by atoms with E-state index in [1.165, 1.54) is 0 Å². The van der Waals surface area contributed by atoms with Gasteiger partial charge in [0.15, 0.2) is 14.4 Å². The van der Waals surface area contributed by atoms with Crippen LogP contribution in [0.4, 0.5) is 0 Å². The Morgan fingerprint density at radius 1 is 1.04 bits per heavy atom. The van der Waals surface area contributed by atoms with Crippen LogP contribution in [0.15, 0.2) is 60.7 Å². The lowest BCUT2D eigenvalue weighted by atomic mass is 9.88. The number of β-lactam (4-membered cyclic amide) rings is 1. The Balaban J connectivity index is 1.93. The zero-order chi connectivity index (χ0) is 20.5. The number of nitrogens with zero attached hydrogens (tertiary/aromatic N) is 1. The van der Waals surface area contributed by atoms with Crippen LogP contribution < -0.4 is 0 Å². The number of carbonyl (C=O) groups is 1. The van der Waals surface area contributed by atoms with Gasteiger partial charge in [-0.1, -0.05) is 81.4 Å². The van der Waals surface area contributed by atoms with Crippen molar-refractivity contribution in [3.05, 3.63) is 71.8 Å². The van der Waals surface area contributed by atoms with Gasteiger partial charge in [0, 0.05) is 6.54 Å². The Morgan fingerprint density at radius 2 is 1.57 bits per heavy atom. The Hall–Kier alpha value is -1.95. The third kappa shape index (κ3) is 4.07. The van der Waals surface area contributed by atoms with Crippen molar-refractivity contribution >= 4 is 14.2 Å². The van der Waals surface area contributed by atoms with Gasteiger partial charge in [0.25, 0.3) is 5.91 Å². The smallest absolute Gasteiger partial charge is 0.254 e. The van der Waals surface area contributed by atoms with Gasteiger partial charge in [-0.05, 0) is 29.3 Å². The van der Waals surface area contributed by atoms with Crippen LogP contribution in [0.1, 0.15) is 38.0 Å². The summed E-state index contributed by atoms with van der Waals surface area (Å²) in [6.45, 7) is 11.5. The SMILES string of the molecule is CC(C)(C)[Si](C)(C)O[C@H](c1ccccc1)[C@H]1[C@@H](O)C(=O)N1Cc1ccccc1. The third-order valence-corrected chi connectivity index (χ3v) is 10.5. The Kier molecular flexibility index (Phi) is 5.80. The molecule has 2 aromatic rings. The summed E-state index contributed by atoms with van der Waals surface area (Å²) in [5, 5.41) is 10.6. The lowest BCUT2D eigenvalue weighted by Gasteiger charge is -2.51. The van der Waals surface area contributed by atoms with E-state index in [1.54, 1.807) is 4.90 Å². The fourth-order valence-electron chi connectivity index (χ4n) is 3.32. The molecular weight excluding hydrogens is 366 g/mol. The molecule has 0 radical (unpaired) electrons. The summed E-state index contributed by atoms with van der Waals surface area (Å²) in [6.07, 6.45) is -1.38.